The third kappa shape index (κ3) is 4.51. The first-order chi connectivity index (χ1) is 12.5. The second-order valence-electron chi connectivity index (χ2n) is 7.32. The Balaban J connectivity index is 1.49. The highest BCUT2D eigenvalue weighted by Gasteiger charge is 2.25. The van der Waals surface area contributed by atoms with Gasteiger partial charge in [-0.2, -0.15) is 0 Å². The smallest absolute Gasteiger partial charge is 0.253 e. The van der Waals surface area contributed by atoms with Crippen molar-refractivity contribution in [2.45, 2.75) is 25.4 Å². The van der Waals surface area contributed by atoms with Gasteiger partial charge in [-0.05, 0) is 32.5 Å². The maximum absolute atomic E-state index is 11.9. The van der Waals surface area contributed by atoms with Crippen molar-refractivity contribution < 1.29 is 0 Å². The van der Waals surface area contributed by atoms with Crippen LogP contribution in [-0.2, 0) is 6.54 Å². The summed E-state index contributed by atoms with van der Waals surface area (Å²) in [5, 5.41) is 6.42. The van der Waals surface area contributed by atoms with E-state index < -0.39 is 5.43 Å². The van der Waals surface area contributed by atoms with Gasteiger partial charge < -0.3 is 15.5 Å². The summed E-state index contributed by atoms with van der Waals surface area (Å²) in [7, 11) is 3.96. The Morgan fingerprint density at radius 3 is 2.35 bits per heavy atom. The quantitative estimate of drug-likeness (QED) is 0.696. The minimum atomic E-state index is -0.396. The molecule has 0 saturated carbocycles. The molecule has 0 unspecified atom stereocenters. The van der Waals surface area contributed by atoms with E-state index in [1.165, 1.54) is 5.56 Å². The summed E-state index contributed by atoms with van der Waals surface area (Å²) in [6, 6.07) is 10.7. The lowest BCUT2D eigenvalue weighted by Gasteiger charge is -2.33. The van der Waals surface area contributed by atoms with E-state index >= 15 is 0 Å². The molecule has 6 heteroatoms. The summed E-state index contributed by atoms with van der Waals surface area (Å²) in [4.78, 5) is 28.2. The summed E-state index contributed by atoms with van der Waals surface area (Å²) >= 11 is 0. The number of hydrogen-bond donors (Lipinski definition) is 2. The van der Waals surface area contributed by atoms with Crippen LogP contribution in [0.1, 0.15) is 18.4 Å². The van der Waals surface area contributed by atoms with Crippen LogP contribution < -0.4 is 21.5 Å². The molecule has 0 amide bonds. The Hall–Kier alpha value is -2.18. The molecule has 0 bridgehead atoms. The number of nitrogens with one attached hydrogen (secondary N) is 2. The average Bonchev–Trinajstić information content (AvgIpc) is 2.65. The molecule has 140 valence electrons. The van der Waals surface area contributed by atoms with Crippen molar-refractivity contribution in [3.05, 3.63) is 56.3 Å². The van der Waals surface area contributed by atoms with Gasteiger partial charge in [-0.3, -0.25) is 14.5 Å². The number of hydrogen-bond acceptors (Lipinski definition) is 6. The van der Waals surface area contributed by atoms with Gasteiger partial charge in [0, 0.05) is 38.8 Å². The van der Waals surface area contributed by atoms with Gasteiger partial charge in [0.1, 0.15) is 11.4 Å². The van der Waals surface area contributed by atoms with E-state index in [4.69, 9.17) is 0 Å². The molecule has 3 rings (SSSR count). The zero-order valence-electron chi connectivity index (χ0n) is 15.6. The fraction of sp³-hybridized carbons (Fsp3) is 0.500. The van der Waals surface area contributed by atoms with E-state index in [1.54, 1.807) is 0 Å². The SMILES string of the molecule is CN(C)CCNc1c(NC2CCN(Cc3ccccc3)CC2)c(=O)c1=O. The maximum atomic E-state index is 11.9. The second kappa shape index (κ2) is 8.47. The van der Waals surface area contributed by atoms with Gasteiger partial charge in [0.2, 0.25) is 0 Å². The molecule has 0 atom stereocenters. The fourth-order valence-electron chi connectivity index (χ4n) is 3.38. The summed E-state index contributed by atoms with van der Waals surface area (Å²) in [5.41, 5.74) is 1.49. The molecule has 2 N–H and O–H groups in total. The first-order valence-electron chi connectivity index (χ1n) is 9.29. The van der Waals surface area contributed by atoms with Crippen molar-refractivity contribution in [1.29, 1.82) is 0 Å². The largest absolute Gasteiger partial charge is 0.379 e. The van der Waals surface area contributed by atoms with Gasteiger partial charge in [-0.15, -0.1) is 0 Å². The topological polar surface area (TPSA) is 64.7 Å². The van der Waals surface area contributed by atoms with E-state index in [1.807, 2.05) is 25.1 Å². The lowest BCUT2D eigenvalue weighted by Crippen LogP contribution is -2.44. The predicted octanol–water partition coefficient (Wildman–Crippen LogP) is 1.33. The first kappa shape index (κ1) is 18.6. The number of rotatable bonds is 8. The molecule has 1 aliphatic heterocycles. The number of piperidine rings is 1. The standard InChI is InChI=1S/C20H28N4O2/c1-23(2)13-10-21-17-18(20(26)19(17)25)22-16-8-11-24(12-9-16)14-15-6-4-3-5-7-15/h3-7,16,21-22H,8-14H2,1-2H3. The highest BCUT2D eigenvalue weighted by Crippen LogP contribution is 2.21. The van der Waals surface area contributed by atoms with E-state index in [2.05, 4.69) is 39.8 Å². The highest BCUT2D eigenvalue weighted by molar-refractivity contribution is 5.74. The molecule has 1 fully saturated rings. The zero-order chi connectivity index (χ0) is 18.5. The van der Waals surface area contributed by atoms with Gasteiger partial charge in [0.25, 0.3) is 10.9 Å². The summed E-state index contributed by atoms with van der Waals surface area (Å²) < 4.78 is 0. The van der Waals surface area contributed by atoms with Crippen LogP contribution in [0.2, 0.25) is 0 Å². The highest BCUT2D eigenvalue weighted by atomic mass is 16.2. The molecule has 1 heterocycles. The second-order valence-corrected chi connectivity index (χ2v) is 7.32. The Kier molecular flexibility index (Phi) is 6.06. The normalized spacial score (nSPS) is 16.3. The lowest BCUT2D eigenvalue weighted by molar-refractivity contribution is 0.211. The van der Waals surface area contributed by atoms with Crippen LogP contribution in [0.5, 0.6) is 0 Å². The molecule has 2 aromatic rings. The van der Waals surface area contributed by atoms with Crippen LogP contribution in [0.4, 0.5) is 11.4 Å². The van der Waals surface area contributed by atoms with Crippen molar-refractivity contribution >= 4 is 11.4 Å². The van der Waals surface area contributed by atoms with E-state index in [0.717, 1.165) is 39.0 Å². The monoisotopic (exact) mass is 356 g/mol. The van der Waals surface area contributed by atoms with Crippen molar-refractivity contribution in [3.8, 4) is 0 Å². The molecule has 26 heavy (non-hydrogen) atoms. The van der Waals surface area contributed by atoms with Crippen LogP contribution in [0.15, 0.2) is 39.9 Å². The molecule has 0 aliphatic carbocycles. The summed E-state index contributed by atoms with van der Waals surface area (Å²) in [6.45, 7) is 4.42. The van der Waals surface area contributed by atoms with Gasteiger partial charge in [-0.1, -0.05) is 30.3 Å². The third-order valence-corrected chi connectivity index (χ3v) is 4.96. The molecule has 6 nitrogen and oxygen atoms in total. The Labute approximate surface area is 154 Å². The molecule has 1 aliphatic rings. The van der Waals surface area contributed by atoms with Crippen molar-refractivity contribution in [3.63, 3.8) is 0 Å². The minimum Gasteiger partial charge on any atom is -0.379 e. The van der Waals surface area contributed by atoms with E-state index in [9.17, 15) is 9.59 Å². The third-order valence-electron chi connectivity index (χ3n) is 4.96. The maximum Gasteiger partial charge on any atom is 0.253 e. The number of likely N-dealkylation sites (tertiary alicyclic amines) is 1. The van der Waals surface area contributed by atoms with Crippen molar-refractivity contribution in [2.75, 3.05) is 50.9 Å². The van der Waals surface area contributed by atoms with Gasteiger partial charge >= 0.3 is 0 Å². The average molecular weight is 356 g/mol. The van der Waals surface area contributed by atoms with Crippen LogP contribution in [-0.4, -0.2) is 56.1 Å². The van der Waals surface area contributed by atoms with E-state index in [0.29, 0.717) is 17.9 Å². The molecule has 1 saturated heterocycles. The van der Waals surface area contributed by atoms with Gasteiger partial charge in [-0.25, -0.2) is 0 Å². The van der Waals surface area contributed by atoms with E-state index in [-0.39, 0.29) is 11.5 Å². The zero-order valence-corrected chi connectivity index (χ0v) is 15.6. The number of likely N-dealkylation sites (N-methyl/N-ethyl adjacent to an activating group) is 1. The summed E-state index contributed by atoms with van der Waals surface area (Å²) in [6.07, 6.45) is 1.95. The van der Waals surface area contributed by atoms with Crippen molar-refractivity contribution in [1.82, 2.24) is 9.80 Å². The number of nitrogens with zero attached hydrogens (tertiary/aromatic N) is 2. The molecular formula is C20H28N4O2. The Morgan fingerprint density at radius 1 is 1.04 bits per heavy atom. The molecular weight excluding hydrogens is 328 g/mol. The fourth-order valence-corrected chi connectivity index (χ4v) is 3.38. The Morgan fingerprint density at radius 2 is 1.69 bits per heavy atom. The Bertz CT molecular complexity index is 773. The van der Waals surface area contributed by atoms with Crippen molar-refractivity contribution in [2.24, 2.45) is 0 Å². The van der Waals surface area contributed by atoms with Crippen LogP contribution in [0.25, 0.3) is 0 Å². The molecule has 2 aromatic carbocycles. The number of benzene rings is 1. The minimum absolute atomic E-state index is 0.250. The van der Waals surface area contributed by atoms with Crippen LogP contribution in [0.3, 0.4) is 0 Å². The molecule has 0 spiro atoms. The van der Waals surface area contributed by atoms with Crippen LogP contribution in [0, 0.1) is 0 Å². The lowest BCUT2D eigenvalue weighted by atomic mass is 10.0. The molecule has 0 aromatic heterocycles. The first-order valence-corrected chi connectivity index (χ1v) is 9.29. The summed E-state index contributed by atoms with van der Waals surface area (Å²) in [5.74, 6) is 0. The van der Waals surface area contributed by atoms with Crippen LogP contribution >= 0.6 is 0 Å². The number of anilines is 2. The van der Waals surface area contributed by atoms with Gasteiger partial charge in [0.05, 0.1) is 0 Å². The van der Waals surface area contributed by atoms with Gasteiger partial charge in [0.15, 0.2) is 0 Å². The molecule has 0 radical (unpaired) electrons. The predicted molar refractivity (Wildman–Crippen MR) is 107 cm³/mol.